The number of likely N-dealkylation sites (tertiary alicyclic amines) is 1. The van der Waals surface area contributed by atoms with Crippen molar-refractivity contribution < 1.29 is 9.53 Å². The Bertz CT molecular complexity index is 628. The highest BCUT2D eigenvalue weighted by Gasteiger charge is 2.23. The number of rotatable bonds is 4. The first kappa shape index (κ1) is 14.3. The van der Waals surface area contributed by atoms with Gasteiger partial charge in [0.1, 0.15) is 10.4 Å². The number of hydrogen-bond acceptors (Lipinski definition) is 5. The summed E-state index contributed by atoms with van der Waals surface area (Å²) in [4.78, 5) is 15.6. The number of thiazole rings is 1. The van der Waals surface area contributed by atoms with E-state index in [4.69, 9.17) is 4.74 Å². The van der Waals surface area contributed by atoms with Crippen molar-refractivity contribution in [3.05, 3.63) is 17.1 Å². The van der Waals surface area contributed by atoms with Crippen molar-refractivity contribution in [1.82, 2.24) is 19.8 Å². The molecule has 1 fully saturated rings. The zero-order chi connectivity index (χ0) is 14.8. The highest BCUT2D eigenvalue weighted by atomic mass is 32.1. The largest absolute Gasteiger partial charge is 0.479 e. The van der Waals surface area contributed by atoms with Crippen molar-refractivity contribution in [2.45, 2.75) is 12.8 Å². The van der Waals surface area contributed by atoms with Gasteiger partial charge in [0.05, 0.1) is 7.11 Å². The molecule has 1 amide bonds. The molecule has 0 spiro atoms. The molecule has 114 valence electrons. The van der Waals surface area contributed by atoms with Crippen molar-refractivity contribution >= 4 is 22.1 Å². The van der Waals surface area contributed by atoms with Crippen LogP contribution in [-0.2, 0) is 0 Å². The summed E-state index contributed by atoms with van der Waals surface area (Å²) in [6, 6.07) is 0. The number of ether oxygens (including phenoxy) is 1. The second kappa shape index (κ2) is 6.03. The van der Waals surface area contributed by atoms with Gasteiger partial charge in [-0.3, -0.25) is 4.79 Å². The number of methoxy groups -OCH3 is 1. The molecule has 1 aliphatic heterocycles. The summed E-state index contributed by atoms with van der Waals surface area (Å²) in [5.74, 6) is 0.858. The third-order valence-electron chi connectivity index (χ3n) is 4.03. The Morgan fingerprint density at radius 1 is 1.52 bits per heavy atom. The lowest BCUT2D eigenvalue weighted by molar-refractivity contribution is 0.0938. The lowest BCUT2D eigenvalue weighted by atomic mass is 9.97. The van der Waals surface area contributed by atoms with Gasteiger partial charge in [-0.05, 0) is 38.9 Å². The van der Waals surface area contributed by atoms with Crippen LogP contribution < -0.4 is 10.1 Å². The molecular formula is C14H20N4O2S. The molecule has 6 nitrogen and oxygen atoms in total. The first-order valence-corrected chi connectivity index (χ1v) is 8.03. The van der Waals surface area contributed by atoms with Crippen molar-refractivity contribution in [2.24, 2.45) is 5.92 Å². The van der Waals surface area contributed by atoms with E-state index < -0.39 is 0 Å². The van der Waals surface area contributed by atoms with Crippen molar-refractivity contribution in [3.63, 3.8) is 0 Å². The lowest BCUT2D eigenvalue weighted by Crippen LogP contribution is -2.36. The van der Waals surface area contributed by atoms with E-state index in [1.54, 1.807) is 11.6 Å². The normalized spacial score (nSPS) is 17.2. The van der Waals surface area contributed by atoms with Crippen LogP contribution in [0.3, 0.4) is 0 Å². The first-order valence-electron chi connectivity index (χ1n) is 7.15. The van der Waals surface area contributed by atoms with Gasteiger partial charge in [0, 0.05) is 18.1 Å². The topological polar surface area (TPSA) is 58.9 Å². The molecule has 2 aromatic heterocycles. The Labute approximate surface area is 127 Å². The maximum Gasteiger partial charge on any atom is 0.259 e. The number of amides is 1. The SMILES string of the molecule is COc1nn2ccsc2c1C(=O)NCC1CCN(C)CC1. The minimum absolute atomic E-state index is 0.0942. The van der Waals surface area contributed by atoms with E-state index >= 15 is 0 Å². The quantitative estimate of drug-likeness (QED) is 0.929. The molecule has 3 heterocycles. The number of carbonyl (C=O) groups excluding carboxylic acids is 1. The number of hydrogen-bond donors (Lipinski definition) is 1. The molecular weight excluding hydrogens is 288 g/mol. The summed E-state index contributed by atoms with van der Waals surface area (Å²) < 4.78 is 6.91. The van der Waals surface area contributed by atoms with Gasteiger partial charge in [0.15, 0.2) is 0 Å². The number of carbonyl (C=O) groups is 1. The summed E-state index contributed by atoms with van der Waals surface area (Å²) in [6.07, 6.45) is 4.10. The van der Waals surface area contributed by atoms with E-state index in [2.05, 4.69) is 22.4 Å². The second-order valence-electron chi connectivity index (χ2n) is 5.49. The minimum Gasteiger partial charge on any atom is -0.479 e. The van der Waals surface area contributed by atoms with Crippen LogP contribution in [0.4, 0.5) is 0 Å². The van der Waals surface area contributed by atoms with Crippen LogP contribution in [0.2, 0.25) is 0 Å². The smallest absolute Gasteiger partial charge is 0.259 e. The molecule has 0 unspecified atom stereocenters. The highest BCUT2D eigenvalue weighted by molar-refractivity contribution is 7.16. The molecule has 0 atom stereocenters. The molecule has 2 aromatic rings. The Kier molecular flexibility index (Phi) is 4.12. The van der Waals surface area contributed by atoms with Gasteiger partial charge in [-0.15, -0.1) is 16.4 Å². The van der Waals surface area contributed by atoms with Crippen molar-refractivity contribution in [1.29, 1.82) is 0 Å². The van der Waals surface area contributed by atoms with E-state index in [0.29, 0.717) is 17.4 Å². The highest BCUT2D eigenvalue weighted by Crippen LogP contribution is 2.26. The Morgan fingerprint density at radius 3 is 3.00 bits per heavy atom. The monoisotopic (exact) mass is 308 g/mol. The van der Waals surface area contributed by atoms with Crippen LogP contribution >= 0.6 is 11.3 Å². The van der Waals surface area contributed by atoms with Crippen LogP contribution in [0, 0.1) is 5.92 Å². The van der Waals surface area contributed by atoms with Crippen LogP contribution in [0.1, 0.15) is 23.2 Å². The summed E-state index contributed by atoms with van der Waals surface area (Å²) in [5, 5.41) is 9.21. The molecule has 1 aliphatic rings. The fourth-order valence-electron chi connectivity index (χ4n) is 2.69. The predicted molar refractivity (Wildman–Crippen MR) is 82.2 cm³/mol. The van der Waals surface area contributed by atoms with Crippen LogP contribution in [0.5, 0.6) is 5.88 Å². The zero-order valence-corrected chi connectivity index (χ0v) is 13.2. The molecule has 0 saturated carbocycles. The standard InChI is InChI=1S/C14H20N4O2S/c1-17-5-3-10(4-6-17)9-15-12(19)11-13(20-2)16-18-7-8-21-14(11)18/h7-8,10H,3-6,9H2,1-2H3,(H,15,19). The van der Waals surface area contributed by atoms with Gasteiger partial charge < -0.3 is 15.0 Å². The maximum absolute atomic E-state index is 12.5. The molecule has 1 saturated heterocycles. The lowest BCUT2D eigenvalue weighted by Gasteiger charge is -2.28. The van der Waals surface area contributed by atoms with Crippen LogP contribution in [0.15, 0.2) is 11.6 Å². The molecule has 0 radical (unpaired) electrons. The third kappa shape index (κ3) is 2.89. The summed E-state index contributed by atoms with van der Waals surface area (Å²) in [6.45, 7) is 2.93. The van der Waals surface area contributed by atoms with Crippen molar-refractivity contribution in [3.8, 4) is 5.88 Å². The van der Waals surface area contributed by atoms with Gasteiger partial charge in [0.25, 0.3) is 5.91 Å². The number of piperidine rings is 1. The average molecular weight is 308 g/mol. The fourth-order valence-corrected chi connectivity index (χ4v) is 3.51. The zero-order valence-electron chi connectivity index (χ0n) is 12.3. The van der Waals surface area contributed by atoms with Gasteiger partial charge in [-0.1, -0.05) is 0 Å². The van der Waals surface area contributed by atoms with Gasteiger partial charge >= 0.3 is 0 Å². The number of nitrogens with zero attached hydrogens (tertiary/aromatic N) is 3. The van der Waals surface area contributed by atoms with E-state index in [9.17, 15) is 4.79 Å². The third-order valence-corrected chi connectivity index (χ3v) is 4.90. The van der Waals surface area contributed by atoms with Gasteiger partial charge in [-0.2, -0.15) is 0 Å². The molecule has 21 heavy (non-hydrogen) atoms. The average Bonchev–Trinajstić information content (AvgIpc) is 3.06. The van der Waals surface area contributed by atoms with Crippen LogP contribution in [0.25, 0.3) is 4.83 Å². The molecule has 7 heteroatoms. The molecule has 0 bridgehead atoms. The minimum atomic E-state index is -0.0942. The maximum atomic E-state index is 12.5. The molecule has 1 N–H and O–H groups in total. The number of nitrogens with one attached hydrogen (secondary N) is 1. The van der Waals surface area contributed by atoms with Crippen molar-refractivity contribution in [2.75, 3.05) is 33.8 Å². The summed E-state index contributed by atoms with van der Waals surface area (Å²) in [7, 11) is 3.68. The second-order valence-corrected chi connectivity index (χ2v) is 6.39. The first-order chi connectivity index (χ1) is 10.2. The van der Waals surface area contributed by atoms with E-state index in [-0.39, 0.29) is 5.91 Å². The van der Waals surface area contributed by atoms with E-state index in [0.717, 1.165) is 37.3 Å². The molecule has 0 aliphatic carbocycles. The summed E-state index contributed by atoms with van der Waals surface area (Å²) >= 11 is 1.49. The van der Waals surface area contributed by atoms with Gasteiger partial charge in [-0.25, -0.2) is 4.52 Å². The Morgan fingerprint density at radius 2 is 2.29 bits per heavy atom. The van der Waals surface area contributed by atoms with E-state index in [1.807, 2.05) is 11.6 Å². The number of fused-ring (bicyclic) bond motifs is 1. The van der Waals surface area contributed by atoms with E-state index in [1.165, 1.54) is 11.3 Å². The van der Waals surface area contributed by atoms with Crippen LogP contribution in [-0.4, -0.2) is 54.2 Å². The molecule has 0 aromatic carbocycles. The van der Waals surface area contributed by atoms with Gasteiger partial charge in [0.2, 0.25) is 5.88 Å². The molecule has 3 rings (SSSR count). The summed E-state index contributed by atoms with van der Waals surface area (Å²) in [5.41, 5.74) is 0.542. The Hall–Kier alpha value is -1.60. The Balaban J connectivity index is 1.68. The predicted octanol–water partition coefficient (Wildman–Crippen LogP) is 1.48. The number of aromatic nitrogens is 2. The fraction of sp³-hybridized carbons (Fsp3) is 0.571.